The summed E-state index contributed by atoms with van der Waals surface area (Å²) in [6, 6.07) is 0. The van der Waals surface area contributed by atoms with E-state index in [4.69, 9.17) is 0 Å². The zero-order valence-electron chi connectivity index (χ0n) is 8.77. The number of hydrogen-bond donors (Lipinski definition) is 1. The van der Waals surface area contributed by atoms with Crippen molar-refractivity contribution in [1.82, 2.24) is 5.32 Å². The van der Waals surface area contributed by atoms with Crippen molar-refractivity contribution in [2.45, 2.75) is 30.9 Å². The lowest BCUT2D eigenvalue weighted by Gasteiger charge is -2.22. The van der Waals surface area contributed by atoms with Gasteiger partial charge in [-0.1, -0.05) is 0 Å². The molecule has 3 heteroatoms. The van der Waals surface area contributed by atoms with E-state index in [2.05, 4.69) is 30.3 Å². The van der Waals surface area contributed by atoms with Gasteiger partial charge in [0.15, 0.2) is 0 Å². The first-order valence-corrected chi connectivity index (χ1v) is 7.48. The van der Waals surface area contributed by atoms with Crippen molar-refractivity contribution in [3.05, 3.63) is 0 Å². The summed E-state index contributed by atoms with van der Waals surface area (Å²) in [6.07, 6.45) is 6.29. The van der Waals surface area contributed by atoms with Gasteiger partial charge in [0.1, 0.15) is 0 Å². The molecule has 0 aliphatic carbocycles. The Balaban J connectivity index is 1.98. The van der Waals surface area contributed by atoms with Crippen LogP contribution in [-0.2, 0) is 0 Å². The highest BCUT2D eigenvalue weighted by Crippen LogP contribution is 2.36. The van der Waals surface area contributed by atoms with E-state index in [0.717, 1.165) is 0 Å². The Morgan fingerprint density at radius 1 is 1.54 bits per heavy atom. The highest BCUT2D eigenvalue weighted by atomic mass is 32.2. The van der Waals surface area contributed by atoms with Crippen molar-refractivity contribution >= 4 is 23.5 Å². The molecule has 1 aliphatic heterocycles. The van der Waals surface area contributed by atoms with E-state index >= 15 is 0 Å². The summed E-state index contributed by atoms with van der Waals surface area (Å²) in [5, 5.41) is 3.57. The predicted octanol–water partition coefficient (Wildman–Crippen LogP) is 2.61. The third kappa shape index (κ3) is 4.61. The van der Waals surface area contributed by atoms with E-state index in [1.165, 1.54) is 43.9 Å². The van der Waals surface area contributed by atoms with E-state index < -0.39 is 0 Å². The Morgan fingerprint density at radius 3 is 3.00 bits per heavy atom. The van der Waals surface area contributed by atoms with Crippen molar-refractivity contribution in [2.75, 3.05) is 30.9 Å². The molecule has 0 aromatic carbocycles. The summed E-state index contributed by atoms with van der Waals surface area (Å²) in [6.45, 7) is 4.79. The molecule has 0 saturated carbocycles. The lowest BCUT2D eigenvalue weighted by molar-refractivity contribution is 0.537. The maximum absolute atomic E-state index is 3.57. The van der Waals surface area contributed by atoms with E-state index in [-0.39, 0.29) is 0 Å². The van der Waals surface area contributed by atoms with Crippen LogP contribution < -0.4 is 5.32 Å². The Hall–Kier alpha value is 0.660. The van der Waals surface area contributed by atoms with Gasteiger partial charge in [-0.15, -0.1) is 0 Å². The fourth-order valence-corrected chi connectivity index (χ4v) is 3.38. The van der Waals surface area contributed by atoms with Gasteiger partial charge in [0.05, 0.1) is 0 Å². The number of nitrogens with one attached hydrogen (secondary N) is 1. The summed E-state index contributed by atoms with van der Waals surface area (Å²) < 4.78 is 0.541. The second kappa shape index (κ2) is 6.20. The zero-order valence-corrected chi connectivity index (χ0v) is 10.4. The largest absolute Gasteiger partial charge is 0.315 e. The van der Waals surface area contributed by atoms with Gasteiger partial charge in [-0.2, -0.15) is 23.5 Å². The van der Waals surface area contributed by atoms with E-state index in [1.807, 2.05) is 11.8 Å². The fourth-order valence-electron chi connectivity index (χ4n) is 1.67. The zero-order chi connectivity index (χ0) is 9.57. The topological polar surface area (TPSA) is 12.0 Å². The quantitative estimate of drug-likeness (QED) is 0.690. The van der Waals surface area contributed by atoms with Gasteiger partial charge in [0, 0.05) is 11.3 Å². The summed E-state index contributed by atoms with van der Waals surface area (Å²) in [7, 11) is 0. The lowest BCUT2D eigenvalue weighted by atomic mass is 10.1. The third-order valence-electron chi connectivity index (χ3n) is 2.50. The van der Waals surface area contributed by atoms with Crippen molar-refractivity contribution < 1.29 is 0 Å². The van der Waals surface area contributed by atoms with Crippen molar-refractivity contribution in [3.8, 4) is 0 Å². The van der Waals surface area contributed by atoms with Crippen LogP contribution in [0.1, 0.15) is 26.2 Å². The molecule has 1 saturated heterocycles. The molecule has 1 rings (SSSR count). The van der Waals surface area contributed by atoms with Gasteiger partial charge < -0.3 is 5.32 Å². The third-order valence-corrected chi connectivity index (χ3v) is 4.74. The minimum atomic E-state index is 0.541. The van der Waals surface area contributed by atoms with Gasteiger partial charge in [-0.3, -0.25) is 0 Å². The standard InChI is InChI=1S/C10H21NS2/c1-10(5-3-8-13-10)9-11-6-4-7-12-2/h11H,3-9H2,1-2H3. The molecule has 0 bridgehead atoms. The molecular weight excluding hydrogens is 198 g/mol. The highest BCUT2D eigenvalue weighted by Gasteiger charge is 2.28. The van der Waals surface area contributed by atoms with Crippen LogP contribution in [0, 0.1) is 0 Å². The van der Waals surface area contributed by atoms with Crippen molar-refractivity contribution in [3.63, 3.8) is 0 Å². The molecule has 0 amide bonds. The first kappa shape index (κ1) is 11.7. The Kier molecular flexibility index (Phi) is 5.60. The van der Waals surface area contributed by atoms with Crippen LogP contribution >= 0.6 is 23.5 Å². The minimum absolute atomic E-state index is 0.541. The van der Waals surface area contributed by atoms with Gasteiger partial charge in [-0.25, -0.2) is 0 Å². The molecule has 0 aromatic heterocycles. The van der Waals surface area contributed by atoms with Crippen LogP contribution in [-0.4, -0.2) is 35.6 Å². The number of rotatable bonds is 6. The van der Waals surface area contributed by atoms with E-state index in [9.17, 15) is 0 Å². The average Bonchev–Trinajstić information content (AvgIpc) is 2.53. The molecular formula is C10H21NS2. The van der Waals surface area contributed by atoms with Crippen LogP contribution in [0.3, 0.4) is 0 Å². The summed E-state index contributed by atoms with van der Waals surface area (Å²) >= 11 is 4.08. The molecule has 1 fully saturated rings. The lowest BCUT2D eigenvalue weighted by Crippen LogP contribution is -2.33. The molecule has 0 aromatic rings. The molecule has 1 N–H and O–H groups in total. The molecule has 1 unspecified atom stereocenters. The molecule has 78 valence electrons. The molecule has 0 spiro atoms. The Morgan fingerprint density at radius 2 is 2.38 bits per heavy atom. The summed E-state index contributed by atoms with van der Waals surface area (Å²) in [4.78, 5) is 0. The molecule has 0 radical (unpaired) electrons. The van der Waals surface area contributed by atoms with Gasteiger partial charge in [0.2, 0.25) is 0 Å². The fraction of sp³-hybridized carbons (Fsp3) is 1.00. The average molecular weight is 219 g/mol. The monoisotopic (exact) mass is 219 g/mol. The second-order valence-electron chi connectivity index (χ2n) is 3.93. The van der Waals surface area contributed by atoms with Crippen molar-refractivity contribution in [2.24, 2.45) is 0 Å². The highest BCUT2D eigenvalue weighted by molar-refractivity contribution is 8.00. The van der Waals surface area contributed by atoms with Crippen LogP contribution in [0.5, 0.6) is 0 Å². The van der Waals surface area contributed by atoms with Crippen LogP contribution in [0.25, 0.3) is 0 Å². The van der Waals surface area contributed by atoms with Crippen LogP contribution in [0.2, 0.25) is 0 Å². The smallest absolute Gasteiger partial charge is 0.0256 e. The first-order valence-electron chi connectivity index (χ1n) is 5.10. The normalized spacial score (nSPS) is 28.2. The minimum Gasteiger partial charge on any atom is -0.315 e. The molecule has 1 atom stereocenters. The number of thioether (sulfide) groups is 2. The summed E-state index contributed by atoms with van der Waals surface area (Å²) in [5.41, 5.74) is 0. The Labute approximate surface area is 90.8 Å². The summed E-state index contributed by atoms with van der Waals surface area (Å²) in [5.74, 6) is 2.65. The SMILES string of the molecule is CSCCCNCC1(C)CCCS1. The van der Waals surface area contributed by atoms with E-state index in [0.29, 0.717) is 4.75 Å². The van der Waals surface area contributed by atoms with Crippen molar-refractivity contribution in [1.29, 1.82) is 0 Å². The predicted molar refractivity (Wildman–Crippen MR) is 66.0 cm³/mol. The maximum atomic E-state index is 3.57. The molecule has 1 nitrogen and oxygen atoms in total. The van der Waals surface area contributed by atoms with Crippen LogP contribution in [0.15, 0.2) is 0 Å². The molecule has 1 aliphatic rings. The molecule has 1 heterocycles. The Bertz CT molecular complexity index is 133. The second-order valence-corrected chi connectivity index (χ2v) is 6.59. The van der Waals surface area contributed by atoms with E-state index in [1.54, 1.807) is 0 Å². The van der Waals surface area contributed by atoms with Gasteiger partial charge in [-0.05, 0) is 50.5 Å². The molecule has 13 heavy (non-hydrogen) atoms. The maximum Gasteiger partial charge on any atom is 0.0256 e. The first-order chi connectivity index (χ1) is 6.27. The number of hydrogen-bond acceptors (Lipinski definition) is 3. The van der Waals surface area contributed by atoms with Gasteiger partial charge in [0.25, 0.3) is 0 Å². The van der Waals surface area contributed by atoms with Gasteiger partial charge >= 0.3 is 0 Å². The van der Waals surface area contributed by atoms with Crippen LogP contribution in [0.4, 0.5) is 0 Å².